The number of tetrazole rings is 1. The van der Waals surface area contributed by atoms with Gasteiger partial charge in [-0.25, -0.2) is 4.68 Å². The van der Waals surface area contributed by atoms with Gasteiger partial charge in [-0.2, -0.15) is 0 Å². The summed E-state index contributed by atoms with van der Waals surface area (Å²) in [6.45, 7) is 10.1. The molecule has 0 unspecified atom stereocenters. The van der Waals surface area contributed by atoms with Crippen molar-refractivity contribution >= 4 is 16.6 Å². The minimum Gasteiger partial charge on any atom is -0.497 e. The number of methoxy groups -OCH3 is 1. The summed E-state index contributed by atoms with van der Waals surface area (Å²) >= 11 is 0. The molecule has 0 spiro atoms. The van der Waals surface area contributed by atoms with Crippen molar-refractivity contribution in [3.8, 4) is 5.75 Å². The Hall–Kier alpha value is -3.52. The molecule has 4 aromatic rings. The van der Waals surface area contributed by atoms with Crippen LogP contribution in [-0.4, -0.2) is 63.4 Å². The molecule has 34 heavy (non-hydrogen) atoms. The van der Waals surface area contributed by atoms with Crippen LogP contribution in [0.3, 0.4) is 0 Å². The predicted molar refractivity (Wildman–Crippen MR) is 133 cm³/mol. The molecule has 1 fully saturated rings. The fraction of sp³-hybridized carbons (Fsp3) is 0.385. The van der Waals surface area contributed by atoms with Gasteiger partial charge >= 0.3 is 0 Å². The molecule has 0 saturated carbocycles. The van der Waals surface area contributed by atoms with Gasteiger partial charge in [0.05, 0.1) is 24.2 Å². The normalized spacial score (nSPS) is 16.1. The lowest BCUT2D eigenvalue weighted by Crippen LogP contribution is -2.48. The lowest BCUT2D eigenvalue weighted by molar-refractivity contribution is 0.191. The fourth-order valence-corrected chi connectivity index (χ4v) is 4.66. The fourth-order valence-electron chi connectivity index (χ4n) is 4.66. The van der Waals surface area contributed by atoms with Crippen LogP contribution in [0, 0.1) is 0 Å². The highest BCUT2D eigenvalue weighted by atomic mass is 16.5. The maximum Gasteiger partial charge on any atom is 0.173 e. The van der Waals surface area contributed by atoms with Crippen LogP contribution < -0.4 is 9.64 Å². The third kappa shape index (κ3) is 4.33. The second-order valence-electron chi connectivity index (χ2n) is 9.70. The molecule has 8 nitrogen and oxygen atoms in total. The summed E-state index contributed by atoms with van der Waals surface area (Å²) in [6, 6.07) is 18.8. The first-order chi connectivity index (χ1) is 16.4. The Morgan fingerprint density at radius 2 is 1.71 bits per heavy atom. The number of pyridine rings is 1. The Kier molecular flexibility index (Phi) is 5.91. The number of piperazine rings is 1. The average molecular weight is 458 g/mol. The van der Waals surface area contributed by atoms with E-state index in [9.17, 15) is 0 Å². The third-order valence-corrected chi connectivity index (χ3v) is 6.43. The number of nitrogens with zero attached hydrogens (tertiary/aromatic N) is 7. The molecule has 5 rings (SSSR count). The molecule has 1 aliphatic heterocycles. The van der Waals surface area contributed by atoms with Gasteiger partial charge in [0.25, 0.3) is 0 Å². The molecule has 0 amide bonds. The van der Waals surface area contributed by atoms with Gasteiger partial charge in [-0.15, -0.1) is 5.10 Å². The quantitative estimate of drug-likeness (QED) is 0.450. The van der Waals surface area contributed by atoms with Crippen LogP contribution in [0.1, 0.15) is 38.2 Å². The van der Waals surface area contributed by atoms with Crippen LogP contribution in [-0.2, 0) is 5.54 Å². The van der Waals surface area contributed by atoms with E-state index < -0.39 is 0 Å². The molecular weight excluding hydrogens is 426 g/mol. The van der Waals surface area contributed by atoms with E-state index in [-0.39, 0.29) is 11.6 Å². The van der Waals surface area contributed by atoms with Crippen molar-refractivity contribution < 1.29 is 4.74 Å². The summed E-state index contributed by atoms with van der Waals surface area (Å²) in [4.78, 5) is 9.41. The van der Waals surface area contributed by atoms with E-state index in [0.717, 1.165) is 48.7 Å². The molecule has 1 saturated heterocycles. The summed E-state index contributed by atoms with van der Waals surface area (Å²) in [6.07, 6.45) is 1.83. The molecule has 2 aromatic heterocycles. The molecule has 2 aromatic carbocycles. The Morgan fingerprint density at radius 1 is 0.941 bits per heavy atom. The standard InChI is InChI=1S/C26H31N7O/c1-26(2,3)33-25(28-29-30-33)24(20-7-12-23-19(18-20)6-5-13-27-23)32-16-14-31(15-17-32)21-8-10-22(34-4)11-9-21/h5-13,18,24H,14-17H2,1-4H3/t24-/m1/s1. The van der Waals surface area contributed by atoms with Crippen molar-refractivity contribution in [2.24, 2.45) is 0 Å². The van der Waals surface area contributed by atoms with Crippen molar-refractivity contribution in [2.75, 3.05) is 38.2 Å². The number of hydrogen-bond acceptors (Lipinski definition) is 7. The second kappa shape index (κ2) is 9.02. The first-order valence-corrected chi connectivity index (χ1v) is 11.7. The van der Waals surface area contributed by atoms with Crippen LogP contribution >= 0.6 is 0 Å². The van der Waals surface area contributed by atoms with Gasteiger partial charge in [-0.3, -0.25) is 9.88 Å². The molecule has 0 radical (unpaired) electrons. The molecule has 1 aliphatic rings. The van der Waals surface area contributed by atoms with Gasteiger partial charge in [0.1, 0.15) is 5.75 Å². The van der Waals surface area contributed by atoms with Crippen LogP contribution in [0.4, 0.5) is 5.69 Å². The van der Waals surface area contributed by atoms with Gasteiger partial charge in [0.15, 0.2) is 5.82 Å². The molecule has 176 valence electrons. The lowest BCUT2D eigenvalue weighted by Gasteiger charge is -2.40. The maximum atomic E-state index is 5.31. The first-order valence-electron chi connectivity index (χ1n) is 11.7. The smallest absolute Gasteiger partial charge is 0.173 e. The number of aromatic nitrogens is 5. The largest absolute Gasteiger partial charge is 0.497 e. The number of fused-ring (bicyclic) bond motifs is 1. The molecule has 3 heterocycles. The molecule has 0 N–H and O–H groups in total. The number of hydrogen-bond donors (Lipinski definition) is 0. The molecule has 1 atom stereocenters. The highest BCUT2D eigenvalue weighted by Gasteiger charge is 2.33. The summed E-state index contributed by atoms with van der Waals surface area (Å²) in [7, 11) is 1.70. The lowest BCUT2D eigenvalue weighted by atomic mass is 9.99. The van der Waals surface area contributed by atoms with E-state index in [1.165, 1.54) is 11.3 Å². The third-order valence-electron chi connectivity index (χ3n) is 6.43. The predicted octanol–water partition coefficient (Wildman–Crippen LogP) is 3.90. The number of ether oxygens (including phenoxy) is 1. The van der Waals surface area contributed by atoms with Gasteiger partial charge in [-0.1, -0.05) is 12.1 Å². The topological polar surface area (TPSA) is 72.2 Å². The summed E-state index contributed by atoms with van der Waals surface area (Å²) in [5.74, 6) is 1.75. The van der Waals surface area contributed by atoms with E-state index in [4.69, 9.17) is 4.74 Å². The average Bonchev–Trinajstić information content (AvgIpc) is 3.35. The van der Waals surface area contributed by atoms with Crippen LogP contribution in [0.5, 0.6) is 5.75 Å². The molecule has 8 heteroatoms. The Balaban J connectivity index is 1.47. The van der Waals surface area contributed by atoms with Crippen molar-refractivity contribution in [3.05, 3.63) is 72.2 Å². The molecule has 0 bridgehead atoms. The summed E-state index contributed by atoms with van der Waals surface area (Å²) < 4.78 is 7.27. The Bertz CT molecular complexity index is 1250. The summed E-state index contributed by atoms with van der Waals surface area (Å²) in [5.41, 5.74) is 3.16. The van der Waals surface area contributed by atoms with Gasteiger partial charge in [0, 0.05) is 43.4 Å². The summed E-state index contributed by atoms with van der Waals surface area (Å²) in [5, 5.41) is 14.1. The van der Waals surface area contributed by atoms with Crippen molar-refractivity contribution in [2.45, 2.75) is 32.4 Å². The Labute approximate surface area is 200 Å². The molecular formula is C26H31N7O. The maximum absolute atomic E-state index is 5.31. The van der Waals surface area contributed by atoms with Crippen molar-refractivity contribution in [1.29, 1.82) is 0 Å². The zero-order chi connectivity index (χ0) is 23.7. The number of anilines is 1. The van der Waals surface area contributed by atoms with E-state index >= 15 is 0 Å². The minimum absolute atomic E-state index is 0.0446. The van der Waals surface area contributed by atoms with Crippen LogP contribution in [0.2, 0.25) is 0 Å². The first kappa shape index (κ1) is 22.3. The monoisotopic (exact) mass is 457 g/mol. The SMILES string of the molecule is COc1ccc(N2CCN([C@H](c3ccc4ncccc4c3)c3nnnn3C(C)(C)C)CC2)cc1. The number of benzene rings is 2. The Morgan fingerprint density at radius 3 is 2.41 bits per heavy atom. The minimum atomic E-state index is -0.222. The van der Waals surface area contributed by atoms with Gasteiger partial charge in [0.2, 0.25) is 0 Å². The zero-order valence-electron chi connectivity index (χ0n) is 20.2. The van der Waals surface area contributed by atoms with Crippen LogP contribution in [0.25, 0.3) is 10.9 Å². The van der Waals surface area contributed by atoms with Gasteiger partial charge < -0.3 is 9.64 Å². The zero-order valence-corrected chi connectivity index (χ0v) is 20.2. The van der Waals surface area contributed by atoms with Crippen molar-refractivity contribution in [1.82, 2.24) is 30.1 Å². The van der Waals surface area contributed by atoms with E-state index in [1.807, 2.05) is 29.1 Å². The highest BCUT2D eigenvalue weighted by Crippen LogP contribution is 2.32. The second-order valence-corrected chi connectivity index (χ2v) is 9.70. The van der Waals surface area contributed by atoms with E-state index in [2.05, 4.69) is 87.5 Å². The van der Waals surface area contributed by atoms with E-state index in [0.29, 0.717) is 0 Å². The number of rotatable bonds is 5. The van der Waals surface area contributed by atoms with Crippen LogP contribution in [0.15, 0.2) is 60.8 Å². The molecule has 0 aliphatic carbocycles. The van der Waals surface area contributed by atoms with Crippen molar-refractivity contribution in [3.63, 3.8) is 0 Å². The highest BCUT2D eigenvalue weighted by molar-refractivity contribution is 5.79. The van der Waals surface area contributed by atoms with E-state index in [1.54, 1.807) is 7.11 Å². The van der Waals surface area contributed by atoms with Gasteiger partial charge in [-0.05, 0) is 79.2 Å².